The van der Waals surface area contributed by atoms with Gasteiger partial charge in [-0.25, -0.2) is 14.4 Å². The second-order valence-electron chi connectivity index (χ2n) is 9.30. The van der Waals surface area contributed by atoms with E-state index in [4.69, 9.17) is 10.00 Å². The molecule has 10 heteroatoms. The number of carbonyl (C=O) groups is 1. The Morgan fingerprint density at radius 1 is 1.28 bits per heavy atom. The summed E-state index contributed by atoms with van der Waals surface area (Å²) in [5.74, 6) is 0.869. The number of halogens is 1. The van der Waals surface area contributed by atoms with Crippen molar-refractivity contribution >= 4 is 28.3 Å². The number of fused-ring (bicyclic) bond motifs is 1. The number of aryl methyl sites for hydroxylation is 1. The van der Waals surface area contributed by atoms with E-state index in [0.29, 0.717) is 55.0 Å². The lowest BCUT2D eigenvalue weighted by Crippen LogP contribution is -2.41. The van der Waals surface area contributed by atoms with Gasteiger partial charge >= 0.3 is 0 Å². The van der Waals surface area contributed by atoms with Crippen molar-refractivity contribution in [1.29, 1.82) is 5.26 Å². The zero-order valence-corrected chi connectivity index (χ0v) is 21.6. The minimum Gasteiger partial charge on any atom is -0.490 e. The molecule has 0 radical (unpaired) electrons. The van der Waals surface area contributed by atoms with Crippen molar-refractivity contribution in [2.45, 2.75) is 38.8 Å². The number of piperidine rings is 1. The van der Waals surface area contributed by atoms with Crippen molar-refractivity contribution in [2.75, 3.05) is 18.4 Å². The van der Waals surface area contributed by atoms with Gasteiger partial charge < -0.3 is 15.0 Å². The van der Waals surface area contributed by atoms with E-state index in [1.807, 2.05) is 19.1 Å². The van der Waals surface area contributed by atoms with E-state index >= 15 is 0 Å². The van der Waals surface area contributed by atoms with Crippen LogP contribution in [-0.4, -0.2) is 49.7 Å². The van der Waals surface area contributed by atoms with Crippen molar-refractivity contribution in [3.05, 3.63) is 73.1 Å². The number of hydrogen-bond acceptors (Lipinski definition) is 7. The highest BCUT2D eigenvalue weighted by atomic mass is 19.1. The van der Waals surface area contributed by atoms with Gasteiger partial charge in [-0.05, 0) is 48.4 Å². The number of nitriles is 1. The fourth-order valence-corrected chi connectivity index (χ4v) is 4.73. The van der Waals surface area contributed by atoms with Gasteiger partial charge in [0.2, 0.25) is 5.91 Å². The number of anilines is 2. The molecule has 0 unspecified atom stereocenters. The number of ether oxygens (including phenoxy) is 1. The van der Waals surface area contributed by atoms with E-state index < -0.39 is 0 Å². The molecule has 4 aromatic rings. The monoisotopic (exact) mass is 525 g/mol. The summed E-state index contributed by atoms with van der Waals surface area (Å²) in [4.78, 5) is 22.7. The summed E-state index contributed by atoms with van der Waals surface area (Å²) in [7, 11) is 0. The molecular formula is C29H28FN7O2. The van der Waals surface area contributed by atoms with Crippen LogP contribution in [-0.2, 0) is 17.8 Å². The number of likely N-dealkylation sites (tertiary alicyclic amines) is 1. The molecule has 1 aliphatic rings. The number of rotatable bonds is 8. The summed E-state index contributed by atoms with van der Waals surface area (Å²) in [6, 6.07) is 10.8. The third kappa shape index (κ3) is 5.57. The van der Waals surface area contributed by atoms with Crippen LogP contribution in [0.15, 0.2) is 61.7 Å². The highest BCUT2D eigenvalue weighted by molar-refractivity contribution is 5.95. The summed E-state index contributed by atoms with van der Waals surface area (Å²) < 4.78 is 22.2. The Morgan fingerprint density at radius 3 is 2.85 bits per heavy atom. The Balaban J connectivity index is 1.52. The van der Waals surface area contributed by atoms with Crippen LogP contribution in [0.4, 0.5) is 15.9 Å². The molecule has 198 valence electrons. The third-order valence-electron chi connectivity index (χ3n) is 6.82. The smallest absolute Gasteiger partial charge is 0.245 e. The summed E-state index contributed by atoms with van der Waals surface area (Å²) in [6.07, 6.45) is 8.13. The maximum absolute atomic E-state index is 14.1. The first-order valence-corrected chi connectivity index (χ1v) is 12.8. The van der Waals surface area contributed by atoms with Crippen molar-refractivity contribution in [3.8, 4) is 22.9 Å². The molecule has 1 fully saturated rings. The number of aromatic nitrogens is 4. The maximum Gasteiger partial charge on any atom is 0.245 e. The molecule has 1 amide bonds. The van der Waals surface area contributed by atoms with Crippen LogP contribution >= 0.6 is 0 Å². The van der Waals surface area contributed by atoms with Crippen molar-refractivity contribution in [3.63, 3.8) is 0 Å². The predicted octanol–water partition coefficient (Wildman–Crippen LogP) is 5.02. The highest BCUT2D eigenvalue weighted by Gasteiger charge is 2.24. The Bertz CT molecular complexity index is 1570. The molecular weight excluding hydrogens is 497 g/mol. The summed E-state index contributed by atoms with van der Waals surface area (Å²) in [6.45, 7) is 6.78. The number of nitrogens with zero attached hydrogens (tertiary/aromatic N) is 6. The number of carbonyl (C=O) groups excluding carboxylic acids is 1. The second-order valence-corrected chi connectivity index (χ2v) is 9.30. The molecule has 9 nitrogen and oxygen atoms in total. The van der Waals surface area contributed by atoms with Crippen molar-refractivity contribution < 1.29 is 13.9 Å². The molecule has 2 aromatic heterocycles. The van der Waals surface area contributed by atoms with Gasteiger partial charge in [-0.15, -0.1) is 0 Å². The summed E-state index contributed by atoms with van der Waals surface area (Å²) >= 11 is 0. The van der Waals surface area contributed by atoms with E-state index in [-0.39, 0.29) is 24.4 Å². The average Bonchev–Trinajstić information content (AvgIpc) is 3.42. The van der Waals surface area contributed by atoms with Gasteiger partial charge in [0.15, 0.2) is 0 Å². The Kier molecular flexibility index (Phi) is 7.50. The van der Waals surface area contributed by atoms with Gasteiger partial charge in [-0.3, -0.25) is 9.48 Å². The standard InChI is InChI=1S/C29H28FN7O2/c1-3-19-13-21(5-6-25(19)30)35-29-24-15-27(39-22-7-10-36(11-8-22)28(38)4-2)23(14-26(24)32-18-33-29)20-16-34-37(17-20)12-9-31/h4-6,13-18,22H,2-3,7-8,10-12H2,1H3,(H,32,33,35). The molecule has 0 spiro atoms. The first-order chi connectivity index (χ1) is 19.0. The molecule has 0 saturated carbocycles. The van der Waals surface area contributed by atoms with Crippen LogP contribution in [0, 0.1) is 17.1 Å². The number of hydrogen-bond donors (Lipinski definition) is 1. The molecule has 1 saturated heterocycles. The van der Waals surface area contributed by atoms with Crippen LogP contribution in [0.1, 0.15) is 25.3 Å². The Hall–Kier alpha value is -4.78. The van der Waals surface area contributed by atoms with Crippen LogP contribution in [0.3, 0.4) is 0 Å². The van der Waals surface area contributed by atoms with Gasteiger partial charge in [0.25, 0.3) is 0 Å². The first-order valence-electron chi connectivity index (χ1n) is 12.8. The fourth-order valence-electron chi connectivity index (χ4n) is 4.73. The Morgan fingerprint density at radius 2 is 2.10 bits per heavy atom. The molecule has 0 atom stereocenters. The SMILES string of the molecule is C=CC(=O)N1CCC(Oc2cc3c(Nc4ccc(F)c(CC)c4)ncnc3cc2-c2cnn(CC#N)c2)CC1. The van der Waals surface area contributed by atoms with E-state index in [2.05, 4.69) is 33.0 Å². The van der Waals surface area contributed by atoms with Gasteiger partial charge in [-0.2, -0.15) is 10.4 Å². The molecule has 1 aliphatic heterocycles. The minimum atomic E-state index is -0.242. The zero-order chi connectivity index (χ0) is 27.4. The van der Waals surface area contributed by atoms with E-state index in [1.165, 1.54) is 18.5 Å². The second kappa shape index (κ2) is 11.3. The summed E-state index contributed by atoms with van der Waals surface area (Å²) in [5.41, 5.74) is 3.60. The summed E-state index contributed by atoms with van der Waals surface area (Å²) in [5, 5.41) is 17.4. The fraction of sp³-hybridized carbons (Fsp3) is 0.276. The molecule has 1 N–H and O–H groups in total. The van der Waals surface area contributed by atoms with Gasteiger partial charge in [0, 0.05) is 54.3 Å². The van der Waals surface area contributed by atoms with Gasteiger partial charge in [0.1, 0.15) is 36.4 Å². The zero-order valence-electron chi connectivity index (χ0n) is 21.6. The molecule has 39 heavy (non-hydrogen) atoms. The van der Waals surface area contributed by atoms with Crippen LogP contribution < -0.4 is 10.1 Å². The van der Waals surface area contributed by atoms with Crippen molar-refractivity contribution in [2.24, 2.45) is 0 Å². The third-order valence-corrected chi connectivity index (χ3v) is 6.82. The van der Waals surface area contributed by atoms with Crippen molar-refractivity contribution in [1.82, 2.24) is 24.6 Å². The molecule has 2 aromatic carbocycles. The molecule has 5 rings (SSSR count). The van der Waals surface area contributed by atoms with E-state index in [1.54, 1.807) is 34.1 Å². The number of amides is 1. The Labute approximate surface area is 225 Å². The van der Waals surface area contributed by atoms with Gasteiger partial charge in [-0.1, -0.05) is 13.5 Å². The van der Waals surface area contributed by atoms with E-state index in [9.17, 15) is 9.18 Å². The topological polar surface area (TPSA) is 109 Å². The molecule has 0 aliphatic carbocycles. The largest absolute Gasteiger partial charge is 0.490 e. The van der Waals surface area contributed by atoms with Crippen LogP contribution in [0.2, 0.25) is 0 Å². The number of benzene rings is 2. The maximum atomic E-state index is 14.1. The lowest BCUT2D eigenvalue weighted by Gasteiger charge is -2.32. The van der Waals surface area contributed by atoms with Gasteiger partial charge in [0.05, 0.1) is 17.8 Å². The lowest BCUT2D eigenvalue weighted by molar-refractivity contribution is -0.127. The lowest BCUT2D eigenvalue weighted by atomic mass is 10.0. The first kappa shape index (κ1) is 25.9. The highest BCUT2D eigenvalue weighted by Crippen LogP contribution is 2.37. The normalized spacial score (nSPS) is 13.7. The molecule has 3 heterocycles. The quantitative estimate of drug-likeness (QED) is 0.322. The molecule has 0 bridgehead atoms. The average molecular weight is 526 g/mol. The van der Waals surface area contributed by atoms with Crippen LogP contribution in [0.25, 0.3) is 22.0 Å². The minimum absolute atomic E-state index is 0.0790. The predicted molar refractivity (Wildman–Crippen MR) is 146 cm³/mol. The van der Waals surface area contributed by atoms with E-state index in [0.717, 1.165) is 22.2 Å². The van der Waals surface area contributed by atoms with Crippen LogP contribution in [0.5, 0.6) is 5.75 Å². The number of nitrogens with one attached hydrogen (secondary N) is 1.